The van der Waals surface area contributed by atoms with Crippen molar-refractivity contribution >= 4 is 23.3 Å². The fraction of sp³-hybridized carbons (Fsp3) is 0.333. The molecule has 0 amide bonds. The van der Waals surface area contributed by atoms with Crippen molar-refractivity contribution in [2.24, 2.45) is 0 Å². The van der Waals surface area contributed by atoms with E-state index < -0.39 is 0 Å². The van der Waals surface area contributed by atoms with Crippen molar-refractivity contribution in [3.05, 3.63) is 36.0 Å². The molecule has 0 bridgehead atoms. The van der Waals surface area contributed by atoms with E-state index >= 15 is 0 Å². The SMILES string of the molecule is Cl.c1cc([C@H]2CNCCN2)c2cc[nH]c2c1. The van der Waals surface area contributed by atoms with Crippen LogP contribution in [0.5, 0.6) is 0 Å². The third-order valence-corrected chi connectivity index (χ3v) is 3.05. The quantitative estimate of drug-likeness (QED) is 0.708. The molecule has 0 radical (unpaired) electrons. The maximum absolute atomic E-state index is 3.54. The van der Waals surface area contributed by atoms with E-state index in [-0.39, 0.29) is 12.4 Å². The Kier molecular flexibility index (Phi) is 3.49. The Morgan fingerprint density at radius 3 is 2.88 bits per heavy atom. The molecule has 1 aliphatic heterocycles. The van der Waals surface area contributed by atoms with E-state index in [2.05, 4.69) is 39.9 Å². The normalized spacial score (nSPS) is 20.6. The highest BCUT2D eigenvalue weighted by Crippen LogP contribution is 2.23. The van der Waals surface area contributed by atoms with E-state index in [1.165, 1.54) is 16.5 Å². The molecule has 3 rings (SSSR count). The summed E-state index contributed by atoms with van der Waals surface area (Å²) in [5.74, 6) is 0. The summed E-state index contributed by atoms with van der Waals surface area (Å²) < 4.78 is 0. The molecule has 3 nitrogen and oxygen atoms in total. The number of aromatic nitrogens is 1. The number of piperazine rings is 1. The Balaban J connectivity index is 0.000000963. The van der Waals surface area contributed by atoms with Crippen LogP contribution in [0.3, 0.4) is 0 Å². The van der Waals surface area contributed by atoms with Crippen molar-refractivity contribution in [3.8, 4) is 0 Å². The fourth-order valence-corrected chi connectivity index (χ4v) is 2.29. The van der Waals surface area contributed by atoms with Gasteiger partial charge in [0.1, 0.15) is 0 Å². The third kappa shape index (κ3) is 1.94. The number of hydrogen-bond donors (Lipinski definition) is 3. The Morgan fingerprint density at radius 2 is 2.06 bits per heavy atom. The Bertz CT molecular complexity index is 460. The molecule has 16 heavy (non-hydrogen) atoms. The lowest BCUT2D eigenvalue weighted by atomic mass is 10.0. The smallest absolute Gasteiger partial charge is 0.0457 e. The minimum atomic E-state index is 0. The first-order valence-corrected chi connectivity index (χ1v) is 5.45. The summed E-state index contributed by atoms with van der Waals surface area (Å²) in [6.07, 6.45) is 2.00. The summed E-state index contributed by atoms with van der Waals surface area (Å²) in [7, 11) is 0. The van der Waals surface area contributed by atoms with Crippen molar-refractivity contribution in [1.29, 1.82) is 0 Å². The second-order valence-corrected chi connectivity index (χ2v) is 4.00. The lowest BCUT2D eigenvalue weighted by Gasteiger charge is -2.25. The summed E-state index contributed by atoms with van der Waals surface area (Å²) in [5, 5.41) is 8.29. The number of fused-ring (bicyclic) bond motifs is 1. The van der Waals surface area contributed by atoms with Gasteiger partial charge in [0.15, 0.2) is 0 Å². The van der Waals surface area contributed by atoms with E-state index in [1.807, 2.05) is 6.20 Å². The van der Waals surface area contributed by atoms with Crippen LogP contribution in [0.4, 0.5) is 0 Å². The highest BCUT2D eigenvalue weighted by Gasteiger charge is 2.16. The average molecular weight is 238 g/mol. The maximum atomic E-state index is 3.54. The molecule has 4 heteroatoms. The van der Waals surface area contributed by atoms with Gasteiger partial charge in [0.05, 0.1) is 0 Å². The van der Waals surface area contributed by atoms with E-state index in [0.717, 1.165) is 19.6 Å². The first-order chi connectivity index (χ1) is 7.45. The molecule has 86 valence electrons. The monoisotopic (exact) mass is 237 g/mol. The predicted octanol–water partition coefficient (Wildman–Crippen LogP) is 1.82. The van der Waals surface area contributed by atoms with Crippen molar-refractivity contribution in [2.45, 2.75) is 6.04 Å². The van der Waals surface area contributed by atoms with Gasteiger partial charge in [-0.15, -0.1) is 12.4 Å². The molecule has 1 saturated heterocycles. The Morgan fingerprint density at radius 1 is 1.12 bits per heavy atom. The van der Waals surface area contributed by atoms with E-state index in [9.17, 15) is 0 Å². The largest absolute Gasteiger partial charge is 0.361 e. The molecule has 0 saturated carbocycles. The molecule has 0 spiro atoms. The first kappa shape index (κ1) is 11.5. The standard InChI is InChI=1S/C12H15N3.ClH/c1-2-9(12-8-13-6-7-15-12)10-4-5-14-11(10)3-1;/h1-5,12-15H,6-8H2;1H/t12-;/m1./s1. The number of nitrogens with one attached hydrogen (secondary N) is 3. The van der Waals surface area contributed by atoms with Crippen LogP contribution in [0, 0.1) is 0 Å². The van der Waals surface area contributed by atoms with Gasteiger partial charge in [0.2, 0.25) is 0 Å². The summed E-state index contributed by atoms with van der Waals surface area (Å²) in [5.41, 5.74) is 2.61. The highest BCUT2D eigenvalue weighted by molar-refractivity contribution is 5.85. The van der Waals surface area contributed by atoms with Crippen molar-refractivity contribution in [2.75, 3.05) is 19.6 Å². The maximum Gasteiger partial charge on any atom is 0.0457 e. The van der Waals surface area contributed by atoms with E-state index in [4.69, 9.17) is 0 Å². The summed E-state index contributed by atoms with van der Waals surface area (Å²) >= 11 is 0. The zero-order chi connectivity index (χ0) is 10.1. The molecule has 1 aliphatic rings. The molecule has 1 aromatic carbocycles. The fourth-order valence-electron chi connectivity index (χ4n) is 2.29. The zero-order valence-electron chi connectivity index (χ0n) is 8.99. The van der Waals surface area contributed by atoms with Crippen molar-refractivity contribution in [3.63, 3.8) is 0 Å². The second-order valence-electron chi connectivity index (χ2n) is 4.00. The summed E-state index contributed by atoms with van der Waals surface area (Å²) in [6.45, 7) is 3.13. The highest BCUT2D eigenvalue weighted by atomic mass is 35.5. The Labute approximate surface area is 101 Å². The van der Waals surface area contributed by atoms with Crippen molar-refractivity contribution < 1.29 is 0 Å². The number of halogens is 1. The minimum absolute atomic E-state index is 0. The van der Waals surface area contributed by atoms with Gasteiger partial charge in [-0.3, -0.25) is 0 Å². The first-order valence-electron chi connectivity index (χ1n) is 5.45. The predicted molar refractivity (Wildman–Crippen MR) is 69.2 cm³/mol. The van der Waals surface area contributed by atoms with E-state index in [1.54, 1.807) is 0 Å². The van der Waals surface area contributed by atoms with Gasteiger partial charge >= 0.3 is 0 Å². The lowest BCUT2D eigenvalue weighted by molar-refractivity contribution is 0.432. The lowest BCUT2D eigenvalue weighted by Crippen LogP contribution is -2.42. The van der Waals surface area contributed by atoms with Gasteiger partial charge in [-0.1, -0.05) is 12.1 Å². The Hall–Kier alpha value is -1.03. The number of H-pyrrole nitrogens is 1. The van der Waals surface area contributed by atoms with Crippen LogP contribution in [0.25, 0.3) is 10.9 Å². The average Bonchev–Trinajstić information content (AvgIpc) is 2.78. The molecule has 1 aromatic heterocycles. The van der Waals surface area contributed by atoms with Crippen LogP contribution in [-0.2, 0) is 0 Å². The van der Waals surface area contributed by atoms with Crippen LogP contribution in [-0.4, -0.2) is 24.6 Å². The summed E-state index contributed by atoms with van der Waals surface area (Å²) in [6, 6.07) is 9.04. The molecule has 3 N–H and O–H groups in total. The molecule has 2 heterocycles. The molecular weight excluding hydrogens is 222 g/mol. The van der Waals surface area contributed by atoms with Gasteiger partial charge in [-0.25, -0.2) is 0 Å². The number of rotatable bonds is 1. The van der Waals surface area contributed by atoms with Crippen LogP contribution in [0.2, 0.25) is 0 Å². The third-order valence-electron chi connectivity index (χ3n) is 3.05. The topological polar surface area (TPSA) is 39.8 Å². The number of benzene rings is 1. The van der Waals surface area contributed by atoms with Crippen LogP contribution in [0.15, 0.2) is 30.5 Å². The molecular formula is C12H16ClN3. The second kappa shape index (κ2) is 4.87. The van der Waals surface area contributed by atoms with Crippen molar-refractivity contribution in [1.82, 2.24) is 15.6 Å². The van der Waals surface area contributed by atoms with Gasteiger partial charge in [-0.2, -0.15) is 0 Å². The van der Waals surface area contributed by atoms with Gasteiger partial charge in [-0.05, 0) is 17.7 Å². The van der Waals surface area contributed by atoms with Crippen LogP contribution >= 0.6 is 12.4 Å². The van der Waals surface area contributed by atoms with Crippen LogP contribution < -0.4 is 10.6 Å². The van der Waals surface area contributed by atoms with Crippen LogP contribution in [0.1, 0.15) is 11.6 Å². The minimum Gasteiger partial charge on any atom is -0.361 e. The number of hydrogen-bond acceptors (Lipinski definition) is 2. The number of aromatic amines is 1. The summed E-state index contributed by atoms with van der Waals surface area (Å²) in [4.78, 5) is 3.25. The molecule has 0 aliphatic carbocycles. The molecule has 2 aromatic rings. The van der Waals surface area contributed by atoms with Gasteiger partial charge in [0.25, 0.3) is 0 Å². The molecule has 1 atom stereocenters. The molecule has 0 unspecified atom stereocenters. The molecule has 1 fully saturated rings. The van der Waals surface area contributed by atoms with E-state index in [0.29, 0.717) is 6.04 Å². The van der Waals surface area contributed by atoms with Gasteiger partial charge < -0.3 is 15.6 Å². The van der Waals surface area contributed by atoms with Gasteiger partial charge in [0, 0.05) is 42.8 Å². The zero-order valence-corrected chi connectivity index (χ0v) is 9.81.